The van der Waals surface area contributed by atoms with Crippen LogP contribution in [0.5, 0.6) is 0 Å². The Bertz CT molecular complexity index is 409. The van der Waals surface area contributed by atoms with Crippen LogP contribution < -0.4 is 5.32 Å². The highest BCUT2D eigenvalue weighted by Crippen LogP contribution is 2.12. The molecule has 1 atom stereocenters. The third-order valence-electron chi connectivity index (χ3n) is 3.28. The Morgan fingerprint density at radius 1 is 1.41 bits per heavy atom. The second-order valence-electron chi connectivity index (χ2n) is 4.64. The van der Waals surface area contributed by atoms with E-state index in [4.69, 9.17) is 4.74 Å². The number of aryl methyl sites for hydroxylation is 2. The predicted molar refractivity (Wildman–Crippen MR) is 67.2 cm³/mol. The number of hydrogen-bond donors (Lipinski definition) is 1. The minimum absolute atomic E-state index is 0.0106. The van der Waals surface area contributed by atoms with Crippen LogP contribution in [0, 0.1) is 13.8 Å². The Morgan fingerprint density at radius 3 is 2.88 bits per heavy atom. The van der Waals surface area contributed by atoms with Crippen molar-refractivity contribution in [2.45, 2.75) is 32.8 Å². The summed E-state index contributed by atoms with van der Waals surface area (Å²) in [5.41, 5.74) is 3.08. The highest BCUT2D eigenvalue weighted by molar-refractivity contribution is 5.94. The molecule has 0 bridgehead atoms. The third-order valence-corrected chi connectivity index (χ3v) is 3.28. The van der Waals surface area contributed by atoms with Gasteiger partial charge in [0, 0.05) is 18.7 Å². The van der Waals surface area contributed by atoms with Crippen LogP contribution >= 0.6 is 0 Å². The van der Waals surface area contributed by atoms with Crippen LogP contribution in [0.15, 0.2) is 18.2 Å². The number of carbonyl (C=O) groups excluding carboxylic acids is 1. The van der Waals surface area contributed by atoms with Crippen molar-refractivity contribution in [1.29, 1.82) is 0 Å². The molecule has 1 aromatic carbocycles. The zero-order valence-electron chi connectivity index (χ0n) is 10.5. The summed E-state index contributed by atoms with van der Waals surface area (Å²) < 4.78 is 5.47. The molecule has 1 heterocycles. The van der Waals surface area contributed by atoms with E-state index in [1.54, 1.807) is 0 Å². The van der Waals surface area contributed by atoms with Gasteiger partial charge in [-0.05, 0) is 49.9 Å². The maximum Gasteiger partial charge on any atom is 0.251 e. The van der Waals surface area contributed by atoms with Crippen molar-refractivity contribution in [2.75, 3.05) is 13.2 Å². The molecule has 1 unspecified atom stereocenters. The van der Waals surface area contributed by atoms with Gasteiger partial charge in [0.25, 0.3) is 5.91 Å². The topological polar surface area (TPSA) is 38.3 Å². The number of benzene rings is 1. The molecule has 1 fully saturated rings. The average Bonchev–Trinajstić information content (AvgIpc) is 2.82. The minimum atomic E-state index is -0.0106. The largest absolute Gasteiger partial charge is 0.376 e. The van der Waals surface area contributed by atoms with Gasteiger partial charge in [-0.25, -0.2) is 0 Å². The number of ether oxygens (including phenoxy) is 1. The van der Waals surface area contributed by atoms with Crippen molar-refractivity contribution >= 4 is 5.91 Å². The Hall–Kier alpha value is -1.35. The van der Waals surface area contributed by atoms with Crippen LogP contribution in [0.3, 0.4) is 0 Å². The molecule has 0 radical (unpaired) electrons. The zero-order chi connectivity index (χ0) is 12.3. The van der Waals surface area contributed by atoms with Crippen molar-refractivity contribution in [3.63, 3.8) is 0 Å². The highest BCUT2D eigenvalue weighted by Gasteiger charge is 2.16. The minimum Gasteiger partial charge on any atom is -0.376 e. The van der Waals surface area contributed by atoms with E-state index in [1.165, 1.54) is 5.56 Å². The van der Waals surface area contributed by atoms with Crippen molar-refractivity contribution in [1.82, 2.24) is 5.32 Å². The molecule has 1 amide bonds. The molecule has 1 aliphatic rings. The molecule has 1 aromatic rings. The molecule has 0 aromatic heterocycles. The fourth-order valence-corrected chi connectivity index (χ4v) is 2.00. The van der Waals surface area contributed by atoms with Crippen LogP contribution in [0.2, 0.25) is 0 Å². The molecule has 17 heavy (non-hydrogen) atoms. The van der Waals surface area contributed by atoms with Crippen molar-refractivity contribution in [3.05, 3.63) is 34.9 Å². The fourth-order valence-electron chi connectivity index (χ4n) is 2.00. The summed E-state index contributed by atoms with van der Waals surface area (Å²) in [4.78, 5) is 11.9. The van der Waals surface area contributed by atoms with Gasteiger partial charge in [0.05, 0.1) is 6.10 Å². The Morgan fingerprint density at radius 2 is 2.24 bits per heavy atom. The molecule has 3 nitrogen and oxygen atoms in total. The van der Waals surface area contributed by atoms with Crippen LogP contribution in [0.4, 0.5) is 0 Å². The first-order valence-electron chi connectivity index (χ1n) is 6.14. The first-order valence-corrected chi connectivity index (χ1v) is 6.14. The second kappa shape index (κ2) is 5.32. The summed E-state index contributed by atoms with van der Waals surface area (Å²) in [6, 6.07) is 5.78. The lowest BCUT2D eigenvalue weighted by molar-refractivity contribution is 0.0857. The number of rotatable bonds is 3. The lowest BCUT2D eigenvalue weighted by Crippen LogP contribution is -2.31. The van der Waals surface area contributed by atoms with Gasteiger partial charge < -0.3 is 10.1 Å². The second-order valence-corrected chi connectivity index (χ2v) is 4.64. The van der Waals surface area contributed by atoms with E-state index in [0.29, 0.717) is 6.54 Å². The Balaban J connectivity index is 1.92. The Kier molecular flexibility index (Phi) is 3.79. The molecule has 0 saturated carbocycles. The normalized spacial score (nSPS) is 19.3. The third kappa shape index (κ3) is 3.07. The van der Waals surface area contributed by atoms with E-state index in [1.807, 2.05) is 32.0 Å². The zero-order valence-corrected chi connectivity index (χ0v) is 10.5. The first kappa shape index (κ1) is 12.1. The average molecular weight is 233 g/mol. The van der Waals surface area contributed by atoms with E-state index in [2.05, 4.69) is 5.32 Å². The van der Waals surface area contributed by atoms with Gasteiger partial charge in [0.2, 0.25) is 0 Å². The first-order chi connectivity index (χ1) is 8.16. The molecule has 1 aliphatic heterocycles. The van der Waals surface area contributed by atoms with Gasteiger partial charge in [-0.3, -0.25) is 4.79 Å². The summed E-state index contributed by atoms with van der Waals surface area (Å²) in [5.74, 6) is -0.0106. The summed E-state index contributed by atoms with van der Waals surface area (Å²) >= 11 is 0. The van der Waals surface area contributed by atoms with Gasteiger partial charge in [0.15, 0.2) is 0 Å². The van der Waals surface area contributed by atoms with Gasteiger partial charge in [-0.15, -0.1) is 0 Å². The summed E-state index contributed by atoms with van der Waals surface area (Å²) in [5, 5.41) is 2.92. The number of carbonyl (C=O) groups is 1. The molecule has 0 spiro atoms. The van der Waals surface area contributed by atoms with E-state index < -0.39 is 0 Å². The molecule has 2 rings (SSSR count). The van der Waals surface area contributed by atoms with Gasteiger partial charge in [0.1, 0.15) is 0 Å². The van der Waals surface area contributed by atoms with E-state index in [-0.39, 0.29) is 12.0 Å². The van der Waals surface area contributed by atoms with E-state index in [9.17, 15) is 4.79 Å². The monoisotopic (exact) mass is 233 g/mol. The molecule has 1 saturated heterocycles. The SMILES string of the molecule is Cc1ccc(C(=O)NCC2CCCO2)cc1C. The number of nitrogens with one attached hydrogen (secondary N) is 1. The van der Waals surface area contributed by atoms with E-state index in [0.717, 1.165) is 30.6 Å². The van der Waals surface area contributed by atoms with Gasteiger partial charge in [-0.1, -0.05) is 6.07 Å². The predicted octanol–water partition coefficient (Wildman–Crippen LogP) is 2.21. The molecular weight excluding hydrogens is 214 g/mol. The lowest BCUT2D eigenvalue weighted by Gasteiger charge is -2.11. The van der Waals surface area contributed by atoms with Gasteiger partial charge >= 0.3 is 0 Å². The quantitative estimate of drug-likeness (QED) is 0.869. The molecule has 92 valence electrons. The lowest BCUT2D eigenvalue weighted by atomic mass is 10.1. The van der Waals surface area contributed by atoms with Crippen molar-refractivity contribution in [3.8, 4) is 0 Å². The Labute approximate surface area is 102 Å². The van der Waals surface area contributed by atoms with Crippen molar-refractivity contribution in [2.24, 2.45) is 0 Å². The standard InChI is InChI=1S/C14H19NO2/c1-10-5-6-12(8-11(10)2)14(16)15-9-13-4-3-7-17-13/h5-6,8,13H,3-4,7,9H2,1-2H3,(H,15,16). The molecule has 3 heteroatoms. The molecule has 0 aliphatic carbocycles. The van der Waals surface area contributed by atoms with Crippen molar-refractivity contribution < 1.29 is 9.53 Å². The van der Waals surface area contributed by atoms with Crippen LogP contribution in [-0.2, 0) is 4.74 Å². The maximum atomic E-state index is 11.9. The van der Waals surface area contributed by atoms with Gasteiger partial charge in [-0.2, -0.15) is 0 Å². The summed E-state index contributed by atoms with van der Waals surface area (Å²) in [6.07, 6.45) is 2.35. The summed E-state index contributed by atoms with van der Waals surface area (Å²) in [6.45, 7) is 5.51. The molecule has 1 N–H and O–H groups in total. The maximum absolute atomic E-state index is 11.9. The molecular formula is C14H19NO2. The summed E-state index contributed by atoms with van der Waals surface area (Å²) in [7, 11) is 0. The number of hydrogen-bond acceptors (Lipinski definition) is 2. The number of amides is 1. The van der Waals surface area contributed by atoms with Crippen LogP contribution in [-0.4, -0.2) is 25.2 Å². The smallest absolute Gasteiger partial charge is 0.251 e. The van der Waals surface area contributed by atoms with Crippen LogP contribution in [0.1, 0.15) is 34.3 Å². The fraction of sp³-hybridized carbons (Fsp3) is 0.500. The highest BCUT2D eigenvalue weighted by atomic mass is 16.5. The van der Waals surface area contributed by atoms with E-state index >= 15 is 0 Å². The van der Waals surface area contributed by atoms with Crippen LogP contribution in [0.25, 0.3) is 0 Å².